The van der Waals surface area contributed by atoms with Crippen LogP contribution in [-0.2, 0) is 9.53 Å². The Balaban J connectivity index is 0.00000210. The van der Waals surface area contributed by atoms with Crippen LogP contribution in [0.1, 0.15) is 32.6 Å². The van der Waals surface area contributed by atoms with E-state index in [9.17, 15) is 9.59 Å². The Labute approximate surface area is 186 Å². The van der Waals surface area contributed by atoms with E-state index in [1.54, 1.807) is 0 Å². The molecule has 0 aromatic carbocycles. The molecule has 3 fully saturated rings. The smallest absolute Gasteiger partial charge is 0.322 e. The molecule has 2 atom stereocenters. The number of esters is 1. The lowest BCUT2D eigenvalue weighted by Crippen LogP contribution is -2.58. The fourth-order valence-electron chi connectivity index (χ4n) is 4.52. The summed E-state index contributed by atoms with van der Waals surface area (Å²) in [5, 5.41) is 6.60. The second-order valence-corrected chi connectivity index (χ2v) is 7.99. The van der Waals surface area contributed by atoms with Crippen molar-refractivity contribution in [3.63, 3.8) is 0 Å². The molecule has 29 heavy (non-hydrogen) atoms. The van der Waals surface area contributed by atoms with Gasteiger partial charge in [0.2, 0.25) is 0 Å². The van der Waals surface area contributed by atoms with E-state index in [2.05, 4.69) is 20.4 Å². The van der Waals surface area contributed by atoms with Crippen molar-refractivity contribution in [2.75, 3.05) is 59.5 Å². The molecule has 0 bridgehead atoms. The summed E-state index contributed by atoms with van der Waals surface area (Å²) in [6, 6.07) is 0.546. The highest BCUT2D eigenvalue weighted by molar-refractivity contribution is 5.85. The average Bonchev–Trinajstić information content (AvgIpc) is 2.73. The lowest BCUT2D eigenvalue weighted by molar-refractivity contribution is -0.146. The number of urea groups is 1. The van der Waals surface area contributed by atoms with E-state index >= 15 is 0 Å². The van der Waals surface area contributed by atoms with Crippen LogP contribution >= 0.6 is 24.8 Å². The van der Waals surface area contributed by atoms with Crippen molar-refractivity contribution in [1.29, 1.82) is 0 Å². The number of nitrogens with one attached hydrogen (secondary N) is 2. The normalized spacial score (nSPS) is 25.3. The van der Waals surface area contributed by atoms with Gasteiger partial charge in [0.05, 0.1) is 7.11 Å². The van der Waals surface area contributed by atoms with Crippen molar-refractivity contribution in [2.45, 2.75) is 50.7 Å². The number of ether oxygens (including phenoxy) is 1. The zero-order chi connectivity index (χ0) is 19.2. The number of carbonyl (C=O) groups is 2. The van der Waals surface area contributed by atoms with Crippen molar-refractivity contribution in [3.8, 4) is 0 Å². The summed E-state index contributed by atoms with van der Waals surface area (Å²) in [5.41, 5.74) is 0. The van der Waals surface area contributed by atoms with E-state index in [1.165, 1.54) is 20.0 Å². The van der Waals surface area contributed by atoms with Gasteiger partial charge in [-0.3, -0.25) is 14.6 Å². The van der Waals surface area contributed by atoms with Crippen LogP contribution in [-0.4, -0.2) is 104 Å². The summed E-state index contributed by atoms with van der Waals surface area (Å²) in [4.78, 5) is 31.1. The van der Waals surface area contributed by atoms with Crippen LogP contribution in [0.15, 0.2) is 0 Å². The third kappa shape index (κ3) is 7.14. The van der Waals surface area contributed by atoms with E-state index in [-0.39, 0.29) is 48.9 Å². The maximum absolute atomic E-state index is 12.7. The van der Waals surface area contributed by atoms with Crippen LogP contribution in [0.2, 0.25) is 0 Å². The topological polar surface area (TPSA) is 77.2 Å². The van der Waals surface area contributed by atoms with Gasteiger partial charge in [-0.2, -0.15) is 0 Å². The predicted octanol–water partition coefficient (Wildman–Crippen LogP) is 0.935. The van der Waals surface area contributed by atoms with Gasteiger partial charge in [-0.15, -0.1) is 24.8 Å². The summed E-state index contributed by atoms with van der Waals surface area (Å²) in [6.45, 7) is 9.18. The molecule has 0 spiro atoms. The fraction of sp³-hybridized carbons (Fsp3) is 0.895. The molecule has 0 radical (unpaired) electrons. The monoisotopic (exact) mass is 453 g/mol. The third-order valence-corrected chi connectivity index (χ3v) is 6.30. The van der Waals surface area contributed by atoms with Crippen LogP contribution in [0.25, 0.3) is 0 Å². The van der Waals surface area contributed by atoms with E-state index in [0.717, 1.165) is 58.7 Å². The number of hydrogen-bond donors (Lipinski definition) is 2. The minimum atomic E-state index is -0.261. The molecular formula is C19H37Cl2N5O3. The molecule has 0 aliphatic carbocycles. The molecule has 10 heteroatoms. The minimum absolute atomic E-state index is 0. The molecule has 0 saturated carbocycles. The molecule has 8 nitrogen and oxygen atoms in total. The van der Waals surface area contributed by atoms with Crippen molar-refractivity contribution >= 4 is 36.8 Å². The highest BCUT2D eigenvalue weighted by Crippen LogP contribution is 2.16. The lowest BCUT2D eigenvalue weighted by atomic mass is 10.0. The number of piperazine rings is 1. The zero-order valence-electron chi connectivity index (χ0n) is 17.6. The predicted molar refractivity (Wildman–Crippen MR) is 118 cm³/mol. The summed E-state index contributed by atoms with van der Waals surface area (Å²) < 4.78 is 4.85. The van der Waals surface area contributed by atoms with Crippen molar-refractivity contribution in [2.24, 2.45) is 0 Å². The molecular weight excluding hydrogens is 417 g/mol. The molecule has 2 unspecified atom stereocenters. The summed E-state index contributed by atoms with van der Waals surface area (Å²) in [5.74, 6) is -0.212. The fourth-order valence-corrected chi connectivity index (χ4v) is 4.52. The Morgan fingerprint density at radius 3 is 2.31 bits per heavy atom. The molecule has 3 aliphatic heterocycles. The van der Waals surface area contributed by atoms with E-state index in [4.69, 9.17) is 4.74 Å². The highest BCUT2D eigenvalue weighted by atomic mass is 35.5. The second kappa shape index (κ2) is 12.8. The van der Waals surface area contributed by atoms with Crippen molar-refractivity contribution in [1.82, 2.24) is 25.3 Å². The number of amides is 2. The summed E-state index contributed by atoms with van der Waals surface area (Å²) in [6.07, 6.45) is 4.37. The lowest BCUT2D eigenvalue weighted by Gasteiger charge is -2.41. The van der Waals surface area contributed by atoms with Gasteiger partial charge in [-0.1, -0.05) is 0 Å². The number of hydrogen-bond acceptors (Lipinski definition) is 6. The van der Waals surface area contributed by atoms with Crippen LogP contribution in [0.4, 0.5) is 4.79 Å². The van der Waals surface area contributed by atoms with Gasteiger partial charge >= 0.3 is 12.0 Å². The van der Waals surface area contributed by atoms with Gasteiger partial charge in [0.1, 0.15) is 6.04 Å². The first-order valence-electron chi connectivity index (χ1n) is 10.4. The Morgan fingerprint density at radius 2 is 1.69 bits per heavy atom. The first-order valence-corrected chi connectivity index (χ1v) is 10.4. The molecule has 2 amide bonds. The Morgan fingerprint density at radius 1 is 1.03 bits per heavy atom. The molecule has 0 aromatic heterocycles. The van der Waals surface area contributed by atoms with Gasteiger partial charge in [0.15, 0.2) is 0 Å². The van der Waals surface area contributed by atoms with Crippen molar-refractivity contribution in [3.05, 3.63) is 0 Å². The van der Waals surface area contributed by atoms with Crippen LogP contribution in [0.5, 0.6) is 0 Å². The maximum Gasteiger partial charge on any atom is 0.322 e. The van der Waals surface area contributed by atoms with E-state index < -0.39 is 0 Å². The van der Waals surface area contributed by atoms with Gasteiger partial charge in [0.25, 0.3) is 0 Å². The van der Waals surface area contributed by atoms with E-state index in [0.29, 0.717) is 12.6 Å². The summed E-state index contributed by atoms with van der Waals surface area (Å²) in [7, 11) is 1.42. The van der Waals surface area contributed by atoms with Crippen LogP contribution < -0.4 is 10.6 Å². The molecule has 170 valence electrons. The van der Waals surface area contributed by atoms with Gasteiger partial charge < -0.3 is 20.3 Å². The highest BCUT2D eigenvalue weighted by Gasteiger charge is 2.31. The third-order valence-electron chi connectivity index (χ3n) is 6.30. The van der Waals surface area contributed by atoms with Crippen molar-refractivity contribution < 1.29 is 14.3 Å². The number of piperidine rings is 2. The van der Waals surface area contributed by atoms with Crippen LogP contribution in [0.3, 0.4) is 0 Å². The zero-order valence-corrected chi connectivity index (χ0v) is 19.2. The molecule has 3 aliphatic rings. The molecule has 2 N–H and O–H groups in total. The Kier molecular flexibility index (Phi) is 11.6. The Hall–Kier alpha value is -0.800. The number of rotatable bonds is 4. The Bertz CT molecular complexity index is 514. The SMILES string of the molecule is COC(=O)C(C)N1CCCC(NC(=O)N2CCN(C3CCNCC3)CC2)C1.Cl.Cl. The number of nitrogens with zero attached hydrogens (tertiary/aromatic N) is 3. The standard InChI is InChI=1S/C19H35N5O3.2ClH/c1-15(18(25)27-2)24-9-3-4-16(14-24)21-19(26)23-12-10-22(11-13-23)17-5-7-20-8-6-17;;/h15-17,20H,3-14H2,1-2H3,(H,21,26);2*1H. The quantitative estimate of drug-likeness (QED) is 0.616. The number of methoxy groups -OCH3 is 1. The average molecular weight is 454 g/mol. The number of likely N-dealkylation sites (tertiary alicyclic amines) is 1. The summed E-state index contributed by atoms with van der Waals surface area (Å²) >= 11 is 0. The van der Waals surface area contributed by atoms with Crippen LogP contribution in [0, 0.1) is 0 Å². The number of halogens is 2. The number of carbonyl (C=O) groups excluding carboxylic acids is 2. The largest absolute Gasteiger partial charge is 0.468 e. The molecule has 3 heterocycles. The molecule has 3 rings (SSSR count). The molecule has 3 saturated heterocycles. The minimum Gasteiger partial charge on any atom is -0.468 e. The van der Waals surface area contributed by atoms with Gasteiger partial charge in [0, 0.05) is 44.8 Å². The van der Waals surface area contributed by atoms with E-state index in [1.807, 2.05) is 11.8 Å². The molecule has 0 aromatic rings. The van der Waals surface area contributed by atoms with Gasteiger partial charge in [-0.25, -0.2) is 4.79 Å². The van der Waals surface area contributed by atoms with Gasteiger partial charge in [-0.05, 0) is 52.2 Å². The second-order valence-electron chi connectivity index (χ2n) is 7.99. The maximum atomic E-state index is 12.7. The first-order chi connectivity index (χ1) is 13.1. The first kappa shape index (κ1) is 26.2.